The molecule has 0 spiro atoms. The van der Waals surface area contributed by atoms with E-state index in [4.69, 9.17) is 4.74 Å². The number of sulfonamides is 1. The van der Waals surface area contributed by atoms with Crippen LogP contribution >= 0.6 is 0 Å². The molecule has 8 nitrogen and oxygen atoms in total. The molecular formula is C24H29N3O5S. The third-order valence-electron chi connectivity index (χ3n) is 5.99. The van der Waals surface area contributed by atoms with E-state index in [1.54, 1.807) is 6.07 Å². The number of nitrogens with one attached hydrogen (secondary N) is 1. The normalized spacial score (nSPS) is 17.4. The van der Waals surface area contributed by atoms with Gasteiger partial charge in [0.25, 0.3) is 5.91 Å². The summed E-state index contributed by atoms with van der Waals surface area (Å²) in [6, 6.07) is 14.4. The summed E-state index contributed by atoms with van der Waals surface area (Å²) >= 11 is 0. The Labute approximate surface area is 194 Å². The van der Waals surface area contributed by atoms with Crippen molar-refractivity contribution in [2.45, 2.75) is 43.5 Å². The van der Waals surface area contributed by atoms with Gasteiger partial charge in [0.15, 0.2) is 6.61 Å². The van der Waals surface area contributed by atoms with Crippen molar-refractivity contribution in [3.8, 4) is 5.75 Å². The number of hydrogen-bond donors (Lipinski definition) is 1. The van der Waals surface area contributed by atoms with Crippen molar-refractivity contribution in [3.05, 3.63) is 54.1 Å². The van der Waals surface area contributed by atoms with Crippen LogP contribution in [0.5, 0.6) is 5.75 Å². The fourth-order valence-electron chi connectivity index (χ4n) is 4.16. The van der Waals surface area contributed by atoms with Gasteiger partial charge in [0.2, 0.25) is 15.9 Å². The molecule has 1 saturated heterocycles. The summed E-state index contributed by atoms with van der Waals surface area (Å²) in [6.45, 7) is 2.51. The SMILES string of the molecule is CC(CCc1ccccc1)NC(=O)CN1C(=O)COc2ccc(S(=O)(=O)N3CCCC3)cc21. The minimum Gasteiger partial charge on any atom is -0.482 e. The van der Waals surface area contributed by atoms with Gasteiger partial charge in [-0.1, -0.05) is 30.3 Å². The maximum absolute atomic E-state index is 13.0. The van der Waals surface area contributed by atoms with Gasteiger partial charge in [0.1, 0.15) is 12.3 Å². The van der Waals surface area contributed by atoms with Gasteiger partial charge in [-0.05, 0) is 56.4 Å². The quantitative estimate of drug-likeness (QED) is 0.638. The Bertz CT molecular complexity index is 1110. The Hall–Kier alpha value is -2.91. The monoisotopic (exact) mass is 471 g/mol. The molecule has 0 radical (unpaired) electrons. The number of nitrogens with zero attached hydrogens (tertiary/aromatic N) is 2. The van der Waals surface area contributed by atoms with Crippen molar-refractivity contribution in [1.29, 1.82) is 0 Å². The highest BCUT2D eigenvalue weighted by molar-refractivity contribution is 7.89. The molecule has 2 aromatic rings. The van der Waals surface area contributed by atoms with Gasteiger partial charge in [-0.25, -0.2) is 8.42 Å². The Balaban J connectivity index is 1.45. The summed E-state index contributed by atoms with van der Waals surface area (Å²) in [5.74, 6) is -0.297. The molecule has 2 aliphatic rings. The minimum absolute atomic E-state index is 0.0739. The topological polar surface area (TPSA) is 96.0 Å². The fraction of sp³-hybridized carbons (Fsp3) is 0.417. The average Bonchev–Trinajstić information content (AvgIpc) is 3.36. The first-order valence-electron chi connectivity index (χ1n) is 11.3. The van der Waals surface area contributed by atoms with Crippen molar-refractivity contribution in [2.75, 3.05) is 31.1 Å². The predicted molar refractivity (Wildman–Crippen MR) is 125 cm³/mol. The number of benzene rings is 2. The maximum Gasteiger partial charge on any atom is 0.265 e. The van der Waals surface area contributed by atoms with Crippen LogP contribution in [-0.2, 0) is 26.0 Å². The molecule has 4 rings (SSSR count). The third kappa shape index (κ3) is 5.36. The molecule has 2 aliphatic heterocycles. The van der Waals surface area contributed by atoms with E-state index in [2.05, 4.69) is 5.32 Å². The first kappa shape index (κ1) is 23.3. The van der Waals surface area contributed by atoms with Crippen LogP contribution in [0.1, 0.15) is 31.7 Å². The molecule has 1 unspecified atom stereocenters. The molecule has 9 heteroatoms. The number of hydrogen-bond acceptors (Lipinski definition) is 5. The van der Waals surface area contributed by atoms with Gasteiger partial charge in [0, 0.05) is 19.1 Å². The lowest BCUT2D eigenvalue weighted by Gasteiger charge is -2.30. The lowest BCUT2D eigenvalue weighted by molar-refractivity contribution is -0.125. The highest BCUT2D eigenvalue weighted by Gasteiger charge is 2.32. The highest BCUT2D eigenvalue weighted by atomic mass is 32.2. The van der Waals surface area contributed by atoms with Crippen molar-refractivity contribution >= 4 is 27.5 Å². The van der Waals surface area contributed by atoms with E-state index in [0.717, 1.165) is 25.7 Å². The second-order valence-electron chi connectivity index (χ2n) is 8.50. The Morgan fingerprint density at radius 1 is 1.12 bits per heavy atom. The summed E-state index contributed by atoms with van der Waals surface area (Å²) in [5, 5.41) is 2.94. The van der Waals surface area contributed by atoms with Crippen LogP contribution < -0.4 is 15.0 Å². The number of fused-ring (bicyclic) bond motifs is 1. The smallest absolute Gasteiger partial charge is 0.265 e. The van der Waals surface area contributed by atoms with E-state index in [9.17, 15) is 18.0 Å². The van der Waals surface area contributed by atoms with Crippen molar-refractivity contribution in [1.82, 2.24) is 9.62 Å². The Kier molecular flexibility index (Phi) is 6.99. The number of amides is 2. The van der Waals surface area contributed by atoms with Crippen LogP contribution in [0.3, 0.4) is 0 Å². The summed E-state index contributed by atoms with van der Waals surface area (Å²) < 4.78 is 32.9. The molecule has 1 fully saturated rings. The second kappa shape index (κ2) is 9.93. The van der Waals surface area contributed by atoms with Crippen LogP contribution in [0.15, 0.2) is 53.4 Å². The predicted octanol–water partition coefficient (Wildman–Crippen LogP) is 2.33. The van der Waals surface area contributed by atoms with E-state index in [1.165, 1.54) is 26.9 Å². The molecule has 2 aromatic carbocycles. The standard InChI is InChI=1S/C24H29N3O5S/c1-18(9-10-19-7-3-2-4-8-19)25-23(28)16-27-21-15-20(11-12-22(21)32-17-24(27)29)33(30,31)26-13-5-6-14-26/h2-4,7-8,11-12,15,18H,5-6,9-10,13-14,16-17H2,1H3,(H,25,28). The lowest BCUT2D eigenvalue weighted by Crippen LogP contribution is -2.47. The molecule has 1 atom stereocenters. The summed E-state index contributed by atoms with van der Waals surface area (Å²) in [7, 11) is -3.66. The van der Waals surface area contributed by atoms with Crippen LogP contribution in [0.25, 0.3) is 0 Å². The lowest BCUT2D eigenvalue weighted by atomic mass is 10.1. The minimum atomic E-state index is -3.66. The maximum atomic E-state index is 13.0. The van der Waals surface area contributed by atoms with Gasteiger partial charge in [0.05, 0.1) is 10.6 Å². The zero-order chi connectivity index (χ0) is 23.4. The van der Waals surface area contributed by atoms with Gasteiger partial charge in [-0.2, -0.15) is 4.31 Å². The number of ether oxygens (including phenoxy) is 1. The van der Waals surface area contributed by atoms with Gasteiger partial charge < -0.3 is 10.1 Å². The molecule has 0 aliphatic carbocycles. The molecule has 2 heterocycles. The van der Waals surface area contributed by atoms with E-state index in [-0.39, 0.29) is 35.9 Å². The number of carbonyl (C=O) groups is 2. The Morgan fingerprint density at radius 2 is 1.85 bits per heavy atom. The first-order valence-corrected chi connectivity index (χ1v) is 12.7. The number of rotatable bonds is 8. The zero-order valence-corrected chi connectivity index (χ0v) is 19.5. The molecule has 1 N–H and O–H groups in total. The highest BCUT2D eigenvalue weighted by Crippen LogP contribution is 2.35. The second-order valence-corrected chi connectivity index (χ2v) is 10.4. The van der Waals surface area contributed by atoms with Crippen LogP contribution in [0, 0.1) is 0 Å². The molecule has 0 aromatic heterocycles. The molecule has 2 amide bonds. The zero-order valence-electron chi connectivity index (χ0n) is 18.7. The van der Waals surface area contributed by atoms with E-state index in [1.807, 2.05) is 37.3 Å². The number of aryl methyl sites for hydroxylation is 1. The third-order valence-corrected chi connectivity index (χ3v) is 7.89. The van der Waals surface area contributed by atoms with Crippen LogP contribution in [-0.4, -0.2) is 56.8 Å². The number of anilines is 1. The molecule has 0 bridgehead atoms. The number of carbonyl (C=O) groups excluding carboxylic acids is 2. The average molecular weight is 472 g/mol. The first-order chi connectivity index (χ1) is 15.8. The molecular weight excluding hydrogens is 442 g/mol. The summed E-state index contributed by atoms with van der Waals surface area (Å²) in [5.41, 5.74) is 1.50. The van der Waals surface area contributed by atoms with Crippen molar-refractivity contribution in [2.24, 2.45) is 0 Å². The molecule has 0 saturated carbocycles. The summed E-state index contributed by atoms with van der Waals surface area (Å²) in [6.07, 6.45) is 3.27. The van der Waals surface area contributed by atoms with Crippen LogP contribution in [0.4, 0.5) is 5.69 Å². The van der Waals surface area contributed by atoms with E-state index >= 15 is 0 Å². The van der Waals surface area contributed by atoms with Crippen molar-refractivity contribution < 1.29 is 22.7 Å². The van der Waals surface area contributed by atoms with E-state index < -0.39 is 10.0 Å². The van der Waals surface area contributed by atoms with Crippen molar-refractivity contribution in [3.63, 3.8) is 0 Å². The van der Waals surface area contributed by atoms with E-state index in [0.29, 0.717) is 24.5 Å². The van der Waals surface area contributed by atoms with Gasteiger partial charge >= 0.3 is 0 Å². The van der Waals surface area contributed by atoms with Gasteiger partial charge in [-0.15, -0.1) is 0 Å². The van der Waals surface area contributed by atoms with Crippen LogP contribution in [0.2, 0.25) is 0 Å². The Morgan fingerprint density at radius 3 is 2.58 bits per heavy atom. The van der Waals surface area contributed by atoms with Gasteiger partial charge in [-0.3, -0.25) is 14.5 Å². The molecule has 33 heavy (non-hydrogen) atoms. The molecule has 176 valence electrons. The largest absolute Gasteiger partial charge is 0.482 e. The summed E-state index contributed by atoms with van der Waals surface area (Å²) in [4.78, 5) is 26.7. The fourth-order valence-corrected chi connectivity index (χ4v) is 5.69.